The normalized spacial score (nSPS) is 10.6. The Bertz CT molecular complexity index is 556. The molecular weight excluding hydrogens is 236 g/mol. The maximum atomic E-state index is 10.8. The summed E-state index contributed by atoms with van der Waals surface area (Å²) in [5.74, 6) is 0.489. The van der Waals surface area contributed by atoms with E-state index in [1.54, 1.807) is 24.0 Å². The number of aromatic carboxylic acids is 1. The van der Waals surface area contributed by atoms with E-state index >= 15 is 0 Å². The number of rotatable bonds is 5. The van der Waals surface area contributed by atoms with Gasteiger partial charge in [-0.2, -0.15) is 5.10 Å². The largest absolute Gasteiger partial charge is 0.482 e. The standard InChI is InChI=1S/C12H14N2O4/c1-3-14-6-10(5-13-14)17-7-9-4-11(12(15)16)8(2)18-9/h4-6H,3,7H2,1-2H3,(H,15,16). The lowest BCUT2D eigenvalue weighted by molar-refractivity contribution is 0.0695. The predicted octanol–water partition coefficient (Wildman–Crippen LogP) is 2.08. The minimum atomic E-state index is -0.999. The molecule has 0 amide bonds. The third-order valence-corrected chi connectivity index (χ3v) is 2.51. The highest BCUT2D eigenvalue weighted by atomic mass is 16.5. The van der Waals surface area contributed by atoms with Crippen molar-refractivity contribution in [3.05, 3.63) is 35.5 Å². The highest BCUT2D eigenvalue weighted by Crippen LogP contribution is 2.17. The zero-order valence-corrected chi connectivity index (χ0v) is 10.2. The van der Waals surface area contributed by atoms with Crippen LogP contribution in [-0.2, 0) is 13.2 Å². The summed E-state index contributed by atoms with van der Waals surface area (Å²) in [6, 6.07) is 1.47. The molecule has 0 aromatic carbocycles. The fraction of sp³-hybridized carbons (Fsp3) is 0.333. The van der Waals surface area contributed by atoms with Gasteiger partial charge in [-0.05, 0) is 19.9 Å². The topological polar surface area (TPSA) is 77.5 Å². The van der Waals surface area contributed by atoms with E-state index in [1.165, 1.54) is 6.07 Å². The molecule has 6 heteroatoms. The molecule has 2 rings (SSSR count). The van der Waals surface area contributed by atoms with Gasteiger partial charge in [0, 0.05) is 6.54 Å². The second kappa shape index (κ2) is 4.95. The number of nitrogens with zero attached hydrogens (tertiary/aromatic N) is 2. The maximum absolute atomic E-state index is 10.8. The van der Waals surface area contributed by atoms with Gasteiger partial charge in [0.25, 0.3) is 0 Å². The van der Waals surface area contributed by atoms with Gasteiger partial charge >= 0.3 is 5.97 Å². The van der Waals surface area contributed by atoms with Crippen LogP contribution in [-0.4, -0.2) is 20.9 Å². The lowest BCUT2D eigenvalue weighted by Gasteiger charge is -1.99. The van der Waals surface area contributed by atoms with Crippen molar-refractivity contribution in [2.45, 2.75) is 27.0 Å². The van der Waals surface area contributed by atoms with Crippen molar-refractivity contribution in [2.75, 3.05) is 0 Å². The van der Waals surface area contributed by atoms with E-state index < -0.39 is 5.97 Å². The summed E-state index contributed by atoms with van der Waals surface area (Å²) in [5.41, 5.74) is 0.165. The zero-order chi connectivity index (χ0) is 13.1. The SMILES string of the molecule is CCn1cc(OCc2cc(C(=O)O)c(C)o2)cn1. The zero-order valence-electron chi connectivity index (χ0n) is 10.2. The van der Waals surface area contributed by atoms with Crippen LogP contribution in [0.1, 0.15) is 28.8 Å². The van der Waals surface area contributed by atoms with E-state index in [-0.39, 0.29) is 12.2 Å². The Morgan fingerprint density at radius 1 is 1.61 bits per heavy atom. The first-order valence-electron chi connectivity index (χ1n) is 5.58. The minimum Gasteiger partial charge on any atom is -0.482 e. The van der Waals surface area contributed by atoms with Gasteiger partial charge in [0.1, 0.15) is 23.7 Å². The van der Waals surface area contributed by atoms with Crippen molar-refractivity contribution in [2.24, 2.45) is 0 Å². The van der Waals surface area contributed by atoms with E-state index in [9.17, 15) is 4.79 Å². The molecular formula is C12H14N2O4. The highest BCUT2D eigenvalue weighted by molar-refractivity contribution is 5.88. The number of ether oxygens (including phenoxy) is 1. The molecule has 0 unspecified atom stereocenters. The van der Waals surface area contributed by atoms with E-state index in [1.807, 2.05) is 6.92 Å². The van der Waals surface area contributed by atoms with E-state index in [2.05, 4.69) is 5.10 Å². The van der Waals surface area contributed by atoms with Crippen LogP contribution in [0.25, 0.3) is 0 Å². The number of carboxylic acids is 1. The molecule has 2 heterocycles. The number of carboxylic acid groups (broad SMARTS) is 1. The van der Waals surface area contributed by atoms with Crippen LogP contribution >= 0.6 is 0 Å². The first kappa shape index (κ1) is 12.2. The van der Waals surface area contributed by atoms with Crippen molar-refractivity contribution in [1.29, 1.82) is 0 Å². The molecule has 96 valence electrons. The first-order valence-corrected chi connectivity index (χ1v) is 5.58. The van der Waals surface area contributed by atoms with Crippen molar-refractivity contribution < 1.29 is 19.1 Å². The molecule has 2 aromatic heterocycles. The van der Waals surface area contributed by atoms with Crippen molar-refractivity contribution in [3.8, 4) is 5.75 Å². The van der Waals surface area contributed by atoms with Crippen molar-refractivity contribution in [1.82, 2.24) is 9.78 Å². The molecule has 0 aliphatic rings. The van der Waals surface area contributed by atoms with Crippen LogP contribution in [0, 0.1) is 6.92 Å². The lowest BCUT2D eigenvalue weighted by atomic mass is 10.2. The monoisotopic (exact) mass is 250 g/mol. The second-order valence-corrected chi connectivity index (χ2v) is 3.81. The Hall–Kier alpha value is -2.24. The molecule has 0 saturated carbocycles. The van der Waals surface area contributed by atoms with E-state index in [0.717, 1.165) is 6.54 Å². The number of carbonyl (C=O) groups is 1. The summed E-state index contributed by atoms with van der Waals surface area (Å²) < 4.78 is 12.5. The maximum Gasteiger partial charge on any atom is 0.339 e. The van der Waals surface area contributed by atoms with Gasteiger partial charge in [0.15, 0.2) is 5.75 Å². The summed E-state index contributed by atoms with van der Waals surface area (Å²) in [4.78, 5) is 10.8. The number of hydrogen-bond acceptors (Lipinski definition) is 4. The second-order valence-electron chi connectivity index (χ2n) is 3.81. The predicted molar refractivity (Wildman–Crippen MR) is 62.6 cm³/mol. The van der Waals surface area contributed by atoms with Gasteiger partial charge in [-0.1, -0.05) is 0 Å². The minimum absolute atomic E-state index is 0.165. The molecule has 1 N–H and O–H groups in total. The number of hydrogen-bond donors (Lipinski definition) is 1. The Kier molecular flexibility index (Phi) is 3.36. The first-order chi connectivity index (χ1) is 8.60. The lowest BCUT2D eigenvalue weighted by Crippen LogP contribution is -1.96. The molecule has 0 saturated heterocycles. The van der Waals surface area contributed by atoms with Crippen LogP contribution in [0.3, 0.4) is 0 Å². The van der Waals surface area contributed by atoms with Crippen molar-refractivity contribution >= 4 is 5.97 Å². The summed E-state index contributed by atoms with van der Waals surface area (Å²) in [7, 11) is 0. The highest BCUT2D eigenvalue weighted by Gasteiger charge is 2.14. The van der Waals surface area contributed by atoms with Crippen LogP contribution in [0.4, 0.5) is 0 Å². The van der Waals surface area contributed by atoms with Crippen LogP contribution in [0.2, 0.25) is 0 Å². The van der Waals surface area contributed by atoms with Crippen LogP contribution in [0.5, 0.6) is 5.75 Å². The third-order valence-electron chi connectivity index (χ3n) is 2.51. The fourth-order valence-electron chi connectivity index (χ4n) is 1.57. The molecule has 0 atom stereocenters. The Morgan fingerprint density at radius 3 is 2.94 bits per heavy atom. The summed E-state index contributed by atoms with van der Waals surface area (Å²) in [5, 5.41) is 13.0. The molecule has 2 aromatic rings. The Labute approximate surface area is 104 Å². The number of aromatic nitrogens is 2. The van der Waals surface area contributed by atoms with Crippen LogP contribution in [0.15, 0.2) is 22.9 Å². The molecule has 0 fully saturated rings. The fourth-order valence-corrected chi connectivity index (χ4v) is 1.57. The quantitative estimate of drug-likeness (QED) is 0.879. The summed E-state index contributed by atoms with van der Waals surface area (Å²) >= 11 is 0. The summed E-state index contributed by atoms with van der Waals surface area (Å²) in [6.07, 6.45) is 3.38. The molecule has 6 nitrogen and oxygen atoms in total. The molecule has 0 spiro atoms. The third kappa shape index (κ3) is 2.53. The Morgan fingerprint density at radius 2 is 2.39 bits per heavy atom. The molecule has 0 aliphatic heterocycles. The molecule has 0 bridgehead atoms. The summed E-state index contributed by atoms with van der Waals surface area (Å²) in [6.45, 7) is 4.55. The van der Waals surface area contributed by atoms with Crippen LogP contribution < -0.4 is 4.74 Å². The van der Waals surface area contributed by atoms with Gasteiger partial charge in [0.2, 0.25) is 0 Å². The van der Waals surface area contributed by atoms with Gasteiger partial charge in [-0.3, -0.25) is 4.68 Å². The van der Waals surface area contributed by atoms with Gasteiger partial charge < -0.3 is 14.3 Å². The number of aryl methyl sites for hydroxylation is 2. The van der Waals surface area contributed by atoms with Gasteiger partial charge in [-0.25, -0.2) is 4.79 Å². The van der Waals surface area contributed by atoms with Gasteiger partial charge in [-0.15, -0.1) is 0 Å². The average molecular weight is 250 g/mol. The smallest absolute Gasteiger partial charge is 0.339 e. The van der Waals surface area contributed by atoms with E-state index in [4.69, 9.17) is 14.3 Å². The molecule has 0 aliphatic carbocycles. The van der Waals surface area contributed by atoms with Gasteiger partial charge in [0.05, 0.1) is 12.4 Å². The Balaban J connectivity index is 2.01. The molecule has 18 heavy (non-hydrogen) atoms. The average Bonchev–Trinajstić information content (AvgIpc) is 2.92. The van der Waals surface area contributed by atoms with E-state index in [0.29, 0.717) is 17.3 Å². The van der Waals surface area contributed by atoms with Crippen molar-refractivity contribution in [3.63, 3.8) is 0 Å². The number of furan rings is 1. The molecule has 0 radical (unpaired) electrons.